The van der Waals surface area contributed by atoms with E-state index in [2.05, 4.69) is 4.98 Å². The number of hydrogen-bond donors (Lipinski definition) is 0. The molecule has 1 aliphatic rings. The van der Waals surface area contributed by atoms with Crippen LogP contribution in [0.3, 0.4) is 0 Å². The molecule has 4 rings (SSSR count). The summed E-state index contributed by atoms with van der Waals surface area (Å²) in [5, 5.41) is 2.84. The van der Waals surface area contributed by atoms with Gasteiger partial charge in [-0.05, 0) is 30.2 Å². The van der Waals surface area contributed by atoms with Crippen molar-refractivity contribution in [1.82, 2.24) is 9.88 Å². The normalized spacial score (nSPS) is 15.7. The predicted octanol–water partition coefficient (Wildman–Crippen LogP) is 5.72. The van der Waals surface area contributed by atoms with E-state index in [0.717, 1.165) is 34.0 Å². The van der Waals surface area contributed by atoms with Crippen LogP contribution in [0.2, 0.25) is 0 Å². The molecule has 2 aromatic carbocycles. The maximum absolute atomic E-state index is 12.7. The largest absolute Gasteiger partial charge is 0.493 e. The van der Waals surface area contributed by atoms with Gasteiger partial charge in [0.15, 0.2) is 11.5 Å². The molecule has 7 nitrogen and oxygen atoms in total. The summed E-state index contributed by atoms with van der Waals surface area (Å²) < 4.78 is 16.7. The number of aromatic nitrogens is 1. The molecular formula is C26H26N2O5S. The van der Waals surface area contributed by atoms with Gasteiger partial charge in [0.05, 0.1) is 12.8 Å². The zero-order chi connectivity index (χ0) is 23.9. The van der Waals surface area contributed by atoms with Gasteiger partial charge in [0.1, 0.15) is 11.6 Å². The number of benzene rings is 2. The minimum Gasteiger partial charge on any atom is -0.493 e. The second kappa shape index (κ2) is 11.0. The Morgan fingerprint density at radius 2 is 1.94 bits per heavy atom. The lowest BCUT2D eigenvalue weighted by Gasteiger charge is -2.14. The van der Waals surface area contributed by atoms with Gasteiger partial charge in [0.25, 0.3) is 5.91 Å². The summed E-state index contributed by atoms with van der Waals surface area (Å²) in [6.45, 7) is 2.63. The third-order valence-corrected chi connectivity index (χ3v) is 6.18. The predicted molar refractivity (Wildman–Crippen MR) is 131 cm³/mol. The number of unbranched alkanes of at least 4 members (excludes halogenated alkanes) is 1. The molecule has 8 heteroatoms. The number of nitrogens with zero attached hydrogens (tertiary/aromatic N) is 2. The first-order valence-corrected chi connectivity index (χ1v) is 12.0. The highest BCUT2D eigenvalue weighted by Crippen LogP contribution is 2.35. The van der Waals surface area contributed by atoms with E-state index in [1.54, 1.807) is 18.2 Å². The first kappa shape index (κ1) is 23.5. The third kappa shape index (κ3) is 5.46. The van der Waals surface area contributed by atoms with Crippen LogP contribution >= 0.6 is 11.3 Å². The van der Waals surface area contributed by atoms with E-state index in [0.29, 0.717) is 23.6 Å². The highest BCUT2D eigenvalue weighted by molar-refractivity contribution is 7.10. The van der Waals surface area contributed by atoms with Crippen LogP contribution in [-0.2, 0) is 16.1 Å². The Labute approximate surface area is 202 Å². The Morgan fingerprint density at radius 1 is 1.12 bits per heavy atom. The summed E-state index contributed by atoms with van der Waals surface area (Å²) in [7, 11) is 1.53. The fraction of sp³-hybridized carbons (Fsp3) is 0.269. The van der Waals surface area contributed by atoms with Crippen LogP contribution in [0.5, 0.6) is 11.5 Å². The van der Waals surface area contributed by atoms with Crippen LogP contribution in [0.4, 0.5) is 4.79 Å². The van der Waals surface area contributed by atoms with Crippen molar-refractivity contribution in [3.8, 4) is 11.5 Å². The van der Waals surface area contributed by atoms with Gasteiger partial charge in [-0.3, -0.25) is 4.79 Å². The Balaban J connectivity index is 1.40. The van der Waals surface area contributed by atoms with Gasteiger partial charge in [-0.1, -0.05) is 55.8 Å². The number of amides is 2. The van der Waals surface area contributed by atoms with E-state index >= 15 is 0 Å². The molecule has 1 fully saturated rings. The van der Waals surface area contributed by atoms with Crippen molar-refractivity contribution >= 4 is 35.5 Å². The van der Waals surface area contributed by atoms with Crippen molar-refractivity contribution in [2.45, 2.75) is 32.5 Å². The highest BCUT2D eigenvalue weighted by atomic mass is 32.1. The van der Waals surface area contributed by atoms with E-state index in [1.807, 2.05) is 54.8 Å². The SMILES string of the molecule is CCCCN1C(=O)OC(c2ccc(OCc3csc(C=Cc4ccccc4)n3)c(OC)c2)C1=O. The standard InChI is InChI=1S/C26H26N2O5S/c1-3-4-14-28-25(29)24(33-26(28)30)19-11-12-21(22(15-19)31-2)32-16-20-17-34-23(27-20)13-10-18-8-6-5-7-9-18/h5-13,15,17,24H,3-4,14,16H2,1-2H3. The van der Waals surface area contributed by atoms with Crippen molar-refractivity contribution in [1.29, 1.82) is 0 Å². The maximum Gasteiger partial charge on any atom is 0.417 e. The Bertz CT molecular complexity index is 1170. The van der Waals surface area contributed by atoms with Crippen LogP contribution < -0.4 is 9.47 Å². The Morgan fingerprint density at radius 3 is 2.71 bits per heavy atom. The topological polar surface area (TPSA) is 78.0 Å². The number of imide groups is 1. The van der Waals surface area contributed by atoms with Crippen LogP contribution in [0.25, 0.3) is 12.2 Å². The van der Waals surface area contributed by atoms with E-state index in [-0.39, 0.29) is 12.5 Å². The lowest BCUT2D eigenvalue weighted by Crippen LogP contribution is -2.30. The molecule has 0 spiro atoms. The van der Waals surface area contributed by atoms with Gasteiger partial charge in [0.2, 0.25) is 6.10 Å². The van der Waals surface area contributed by atoms with Crippen LogP contribution in [0.1, 0.15) is 47.7 Å². The van der Waals surface area contributed by atoms with Crippen molar-refractivity contribution in [3.05, 3.63) is 75.7 Å². The summed E-state index contributed by atoms with van der Waals surface area (Å²) in [6.07, 6.45) is 4.04. The number of carbonyl (C=O) groups excluding carboxylic acids is 2. The molecule has 2 amide bonds. The molecule has 1 atom stereocenters. The zero-order valence-corrected chi connectivity index (χ0v) is 19.9. The monoisotopic (exact) mass is 478 g/mol. The number of rotatable bonds is 10. The lowest BCUT2D eigenvalue weighted by atomic mass is 10.1. The van der Waals surface area contributed by atoms with E-state index in [4.69, 9.17) is 14.2 Å². The number of carbonyl (C=O) groups is 2. The number of ether oxygens (including phenoxy) is 3. The smallest absolute Gasteiger partial charge is 0.417 e. The van der Waals surface area contributed by atoms with Crippen LogP contribution in [0, 0.1) is 0 Å². The average Bonchev–Trinajstić information content (AvgIpc) is 3.44. The van der Waals surface area contributed by atoms with Crippen molar-refractivity contribution < 1.29 is 23.8 Å². The lowest BCUT2D eigenvalue weighted by molar-refractivity contribution is -0.129. The van der Waals surface area contributed by atoms with Gasteiger partial charge in [0, 0.05) is 17.5 Å². The number of cyclic esters (lactones) is 1. The van der Waals surface area contributed by atoms with Gasteiger partial charge in [-0.25, -0.2) is 14.7 Å². The van der Waals surface area contributed by atoms with Gasteiger partial charge >= 0.3 is 6.09 Å². The molecule has 1 aliphatic heterocycles. The second-order valence-corrected chi connectivity index (χ2v) is 8.62. The first-order chi connectivity index (χ1) is 16.6. The Hall–Kier alpha value is -3.65. The molecule has 0 radical (unpaired) electrons. The molecule has 1 aromatic heterocycles. The molecule has 0 N–H and O–H groups in total. The van der Waals surface area contributed by atoms with Gasteiger partial charge < -0.3 is 14.2 Å². The van der Waals surface area contributed by atoms with E-state index < -0.39 is 12.2 Å². The van der Waals surface area contributed by atoms with Gasteiger partial charge in [-0.15, -0.1) is 11.3 Å². The minimum absolute atomic E-state index is 0.271. The highest BCUT2D eigenvalue weighted by Gasteiger charge is 2.41. The molecule has 3 aromatic rings. The fourth-order valence-electron chi connectivity index (χ4n) is 3.49. The van der Waals surface area contributed by atoms with Gasteiger partial charge in [-0.2, -0.15) is 0 Å². The third-order valence-electron chi connectivity index (χ3n) is 5.32. The summed E-state index contributed by atoms with van der Waals surface area (Å²) >= 11 is 1.54. The molecular weight excluding hydrogens is 452 g/mol. The molecule has 0 aliphatic carbocycles. The molecule has 1 saturated heterocycles. The Kier molecular flexibility index (Phi) is 7.59. The molecule has 1 unspecified atom stereocenters. The van der Waals surface area contributed by atoms with Crippen molar-refractivity contribution in [2.24, 2.45) is 0 Å². The fourth-order valence-corrected chi connectivity index (χ4v) is 4.18. The molecule has 34 heavy (non-hydrogen) atoms. The second-order valence-electron chi connectivity index (χ2n) is 7.73. The zero-order valence-electron chi connectivity index (χ0n) is 19.1. The van der Waals surface area contributed by atoms with E-state index in [9.17, 15) is 9.59 Å². The number of thiazole rings is 1. The van der Waals surface area contributed by atoms with E-state index in [1.165, 1.54) is 18.4 Å². The number of hydrogen-bond acceptors (Lipinski definition) is 7. The summed E-state index contributed by atoms with van der Waals surface area (Å²) in [4.78, 5) is 30.5. The quantitative estimate of drug-likeness (QED) is 0.371. The summed E-state index contributed by atoms with van der Waals surface area (Å²) in [5.74, 6) is 0.612. The average molecular weight is 479 g/mol. The van der Waals surface area contributed by atoms with Crippen molar-refractivity contribution in [2.75, 3.05) is 13.7 Å². The molecule has 2 heterocycles. The van der Waals surface area contributed by atoms with Crippen molar-refractivity contribution in [3.63, 3.8) is 0 Å². The molecule has 0 saturated carbocycles. The summed E-state index contributed by atoms with van der Waals surface area (Å²) in [5.41, 5.74) is 2.46. The first-order valence-electron chi connectivity index (χ1n) is 11.1. The maximum atomic E-state index is 12.7. The minimum atomic E-state index is -0.968. The molecule has 176 valence electrons. The summed E-state index contributed by atoms with van der Waals surface area (Å²) in [6, 6.07) is 15.1. The number of methoxy groups -OCH3 is 1. The molecule has 0 bridgehead atoms. The van der Waals surface area contributed by atoms with Crippen LogP contribution in [-0.4, -0.2) is 35.5 Å². The van der Waals surface area contributed by atoms with Crippen LogP contribution in [0.15, 0.2) is 53.9 Å².